The van der Waals surface area contributed by atoms with Gasteiger partial charge in [0.15, 0.2) is 11.6 Å². The molecule has 4 rings (SSSR count). The quantitative estimate of drug-likeness (QED) is 0.628. The third kappa shape index (κ3) is 5.04. The van der Waals surface area contributed by atoms with Crippen LogP contribution in [-0.4, -0.2) is 45.2 Å². The summed E-state index contributed by atoms with van der Waals surface area (Å²) >= 11 is 0. The zero-order valence-electron chi connectivity index (χ0n) is 19.9. The summed E-state index contributed by atoms with van der Waals surface area (Å²) in [6.45, 7) is 4.59. The molecule has 2 aliphatic rings. The summed E-state index contributed by atoms with van der Waals surface area (Å²) in [5.41, 5.74) is 3.52. The highest BCUT2D eigenvalue weighted by atomic mass is 19.1. The molecular formula is C25H33FN4O3. The van der Waals surface area contributed by atoms with Crippen LogP contribution in [0, 0.1) is 19.7 Å². The second kappa shape index (κ2) is 9.15. The molecule has 0 radical (unpaired) electrons. The van der Waals surface area contributed by atoms with Gasteiger partial charge in [-0.1, -0.05) is 6.07 Å². The van der Waals surface area contributed by atoms with Crippen molar-refractivity contribution >= 4 is 11.8 Å². The smallest absolute Gasteiger partial charge is 0.223 e. The van der Waals surface area contributed by atoms with Gasteiger partial charge in [-0.25, -0.2) is 4.39 Å². The van der Waals surface area contributed by atoms with E-state index in [0.29, 0.717) is 38.6 Å². The molecule has 1 atom stereocenters. The first-order chi connectivity index (χ1) is 15.7. The third-order valence-corrected chi connectivity index (χ3v) is 7.11. The highest BCUT2D eigenvalue weighted by Crippen LogP contribution is 2.34. The van der Waals surface area contributed by atoms with Crippen LogP contribution in [0.1, 0.15) is 61.0 Å². The van der Waals surface area contributed by atoms with E-state index in [0.717, 1.165) is 35.4 Å². The Morgan fingerprint density at radius 3 is 2.70 bits per heavy atom. The van der Waals surface area contributed by atoms with Crippen LogP contribution in [0.3, 0.4) is 0 Å². The molecule has 0 bridgehead atoms. The van der Waals surface area contributed by atoms with E-state index in [1.165, 1.54) is 13.2 Å². The number of methoxy groups -OCH3 is 1. The number of aryl methyl sites for hydroxylation is 2. The fraction of sp³-hybridized carbons (Fsp3) is 0.560. The van der Waals surface area contributed by atoms with Gasteiger partial charge in [-0.15, -0.1) is 0 Å². The molecule has 8 heteroatoms. The number of nitrogens with one attached hydrogen (secondary N) is 1. The van der Waals surface area contributed by atoms with Crippen molar-refractivity contribution in [3.8, 4) is 5.75 Å². The number of halogens is 1. The standard InChI is InChI=1S/C25H33FN4O3/c1-16-20(17(2)29(3)28-16)15-30(19-6-7-19)24(32)10-12-25(11-9-23(31)27-25)14-18-5-8-21(26)22(13-18)33-4/h5,8,13,19H,6-7,9-12,14-15H2,1-4H3,(H,27,31). The monoisotopic (exact) mass is 456 g/mol. The van der Waals surface area contributed by atoms with Crippen LogP contribution in [0.4, 0.5) is 4.39 Å². The summed E-state index contributed by atoms with van der Waals surface area (Å²) in [6, 6.07) is 5.06. The normalized spacial score (nSPS) is 20.1. The molecule has 178 valence electrons. The van der Waals surface area contributed by atoms with Crippen molar-refractivity contribution in [3.63, 3.8) is 0 Å². The molecule has 1 unspecified atom stereocenters. The maximum absolute atomic E-state index is 13.9. The van der Waals surface area contributed by atoms with Crippen molar-refractivity contribution in [1.82, 2.24) is 20.0 Å². The molecular weight excluding hydrogens is 423 g/mol. The van der Waals surface area contributed by atoms with Crippen LogP contribution >= 0.6 is 0 Å². The van der Waals surface area contributed by atoms with E-state index in [-0.39, 0.29) is 23.6 Å². The van der Waals surface area contributed by atoms with Crippen LogP contribution in [0.5, 0.6) is 5.75 Å². The maximum atomic E-state index is 13.9. The summed E-state index contributed by atoms with van der Waals surface area (Å²) in [7, 11) is 3.36. The molecule has 2 heterocycles. The molecule has 1 aliphatic carbocycles. The Balaban J connectivity index is 1.48. The van der Waals surface area contributed by atoms with Crippen molar-refractivity contribution in [2.75, 3.05) is 7.11 Å². The van der Waals surface area contributed by atoms with Gasteiger partial charge in [0.1, 0.15) is 0 Å². The van der Waals surface area contributed by atoms with Crippen molar-refractivity contribution < 1.29 is 18.7 Å². The van der Waals surface area contributed by atoms with Crippen LogP contribution < -0.4 is 10.1 Å². The number of hydrogen-bond donors (Lipinski definition) is 1. The van der Waals surface area contributed by atoms with Crippen molar-refractivity contribution in [1.29, 1.82) is 0 Å². The Morgan fingerprint density at radius 2 is 2.12 bits per heavy atom. The second-order valence-electron chi connectivity index (χ2n) is 9.50. The number of amides is 2. The summed E-state index contributed by atoms with van der Waals surface area (Å²) in [5, 5.41) is 7.61. The molecule has 1 aromatic carbocycles. The van der Waals surface area contributed by atoms with Crippen molar-refractivity contribution in [3.05, 3.63) is 46.5 Å². The van der Waals surface area contributed by atoms with Gasteiger partial charge in [0.25, 0.3) is 0 Å². The first-order valence-corrected chi connectivity index (χ1v) is 11.6. The Labute approximate surface area is 194 Å². The Hall–Kier alpha value is -2.90. The zero-order chi connectivity index (χ0) is 23.8. The average molecular weight is 457 g/mol. The summed E-state index contributed by atoms with van der Waals surface area (Å²) in [4.78, 5) is 27.5. The fourth-order valence-corrected chi connectivity index (χ4v) is 4.90. The van der Waals surface area contributed by atoms with Gasteiger partial charge >= 0.3 is 0 Å². The summed E-state index contributed by atoms with van der Waals surface area (Å²) in [6.07, 6.45) is 4.59. The molecule has 1 aromatic heterocycles. The molecule has 33 heavy (non-hydrogen) atoms. The Kier molecular flexibility index (Phi) is 6.45. The second-order valence-corrected chi connectivity index (χ2v) is 9.50. The Bertz CT molecular complexity index is 1060. The molecule has 1 N–H and O–H groups in total. The number of aromatic nitrogens is 2. The van der Waals surface area contributed by atoms with E-state index >= 15 is 0 Å². The molecule has 7 nitrogen and oxygen atoms in total. The van der Waals surface area contributed by atoms with E-state index in [1.54, 1.807) is 12.1 Å². The minimum atomic E-state index is -0.509. The fourth-order valence-electron chi connectivity index (χ4n) is 4.90. The lowest BCUT2D eigenvalue weighted by molar-refractivity contribution is -0.133. The maximum Gasteiger partial charge on any atom is 0.223 e. The molecule has 2 amide bonds. The van der Waals surface area contributed by atoms with E-state index in [2.05, 4.69) is 10.4 Å². The number of carbonyl (C=O) groups is 2. The third-order valence-electron chi connectivity index (χ3n) is 7.11. The first-order valence-electron chi connectivity index (χ1n) is 11.6. The number of nitrogens with zero attached hydrogens (tertiary/aromatic N) is 3. The average Bonchev–Trinajstić information content (AvgIpc) is 3.51. The SMILES string of the molecule is COc1cc(CC2(CCC(=O)N(Cc3c(C)nn(C)c3C)C3CC3)CCC(=O)N2)ccc1F. The van der Waals surface area contributed by atoms with Gasteiger partial charge in [0.2, 0.25) is 11.8 Å². The van der Waals surface area contributed by atoms with Crippen LogP contribution in [0.2, 0.25) is 0 Å². The minimum Gasteiger partial charge on any atom is -0.494 e. The predicted octanol–water partition coefficient (Wildman–Crippen LogP) is 3.35. The molecule has 1 saturated carbocycles. The highest BCUT2D eigenvalue weighted by Gasteiger charge is 2.40. The number of carbonyl (C=O) groups excluding carboxylic acids is 2. The largest absolute Gasteiger partial charge is 0.494 e. The lowest BCUT2D eigenvalue weighted by Crippen LogP contribution is -2.45. The van der Waals surface area contributed by atoms with Gasteiger partial charge in [-0.05, 0) is 63.6 Å². The Morgan fingerprint density at radius 1 is 1.36 bits per heavy atom. The van der Waals surface area contributed by atoms with Gasteiger partial charge in [-0.3, -0.25) is 14.3 Å². The van der Waals surface area contributed by atoms with Crippen LogP contribution in [0.25, 0.3) is 0 Å². The van der Waals surface area contributed by atoms with E-state index in [9.17, 15) is 14.0 Å². The molecule has 0 spiro atoms. The van der Waals surface area contributed by atoms with Gasteiger partial charge in [0.05, 0.1) is 12.8 Å². The lowest BCUT2D eigenvalue weighted by Gasteiger charge is -2.31. The highest BCUT2D eigenvalue weighted by molar-refractivity contribution is 5.80. The number of ether oxygens (including phenoxy) is 1. The number of hydrogen-bond acceptors (Lipinski definition) is 4. The topological polar surface area (TPSA) is 76.5 Å². The first kappa shape index (κ1) is 23.3. The number of benzene rings is 1. The van der Waals surface area contributed by atoms with Gasteiger partial charge in [-0.2, -0.15) is 5.10 Å². The van der Waals surface area contributed by atoms with E-state index < -0.39 is 11.4 Å². The van der Waals surface area contributed by atoms with E-state index in [4.69, 9.17) is 4.74 Å². The van der Waals surface area contributed by atoms with E-state index in [1.807, 2.05) is 30.5 Å². The van der Waals surface area contributed by atoms with Crippen LogP contribution in [0.15, 0.2) is 18.2 Å². The van der Waals surface area contributed by atoms with Crippen molar-refractivity contribution in [2.45, 2.75) is 76.9 Å². The van der Waals surface area contributed by atoms with Crippen LogP contribution in [-0.2, 0) is 29.6 Å². The predicted molar refractivity (Wildman–Crippen MR) is 122 cm³/mol. The zero-order valence-corrected chi connectivity index (χ0v) is 19.9. The van der Waals surface area contributed by atoms with Gasteiger partial charge < -0.3 is 15.0 Å². The van der Waals surface area contributed by atoms with Gasteiger partial charge in [0, 0.05) is 49.3 Å². The molecule has 2 fully saturated rings. The summed E-state index contributed by atoms with van der Waals surface area (Å²) in [5.74, 6) is -0.123. The minimum absolute atomic E-state index is 0.00261. The molecule has 1 saturated heterocycles. The molecule has 1 aliphatic heterocycles. The van der Waals surface area contributed by atoms with Crippen molar-refractivity contribution in [2.24, 2.45) is 7.05 Å². The number of rotatable bonds is 9. The lowest BCUT2D eigenvalue weighted by atomic mass is 9.84. The molecule has 2 aromatic rings. The summed E-state index contributed by atoms with van der Waals surface area (Å²) < 4.78 is 20.8.